The van der Waals surface area contributed by atoms with Crippen LogP contribution in [0.1, 0.15) is 12.0 Å². The van der Waals surface area contributed by atoms with E-state index in [9.17, 15) is 4.39 Å². The van der Waals surface area contributed by atoms with Crippen molar-refractivity contribution in [1.82, 2.24) is 5.32 Å². The summed E-state index contributed by atoms with van der Waals surface area (Å²) in [4.78, 5) is 8.65. The van der Waals surface area contributed by atoms with Gasteiger partial charge in [0.05, 0.1) is 17.8 Å². The molecule has 1 aromatic carbocycles. The molecule has 0 aliphatic carbocycles. The van der Waals surface area contributed by atoms with Gasteiger partial charge >= 0.3 is 0 Å². The molecule has 0 bridgehead atoms. The third-order valence-corrected chi connectivity index (χ3v) is 3.29. The Balaban J connectivity index is 1.77. The highest BCUT2D eigenvalue weighted by molar-refractivity contribution is 6.03. The Hall–Kier alpha value is -1.55. The van der Waals surface area contributed by atoms with Crippen LogP contribution in [0.2, 0.25) is 0 Å². The van der Waals surface area contributed by atoms with Gasteiger partial charge in [0.2, 0.25) is 0 Å². The topological polar surface area (TPSA) is 36.8 Å². The van der Waals surface area contributed by atoms with Gasteiger partial charge in [0, 0.05) is 0 Å². The van der Waals surface area contributed by atoms with Crippen LogP contribution in [0.15, 0.2) is 34.3 Å². The molecule has 1 fully saturated rings. The van der Waals surface area contributed by atoms with Crippen LogP contribution in [-0.4, -0.2) is 30.7 Å². The van der Waals surface area contributed by atoms with E-state index in [0.29, 0.717) is 0 Å². The van der Waals surface area contributed by atoms with Crippen molar-refractivity contribution in [2.24, 2.45) is 9.98 Å². The Morgan fingerprint density at radius 2 is 2.35 bits per heavy atom. The van der Waals surface area contributed by atoms with Crippen molar-refractivity contribution in [2.75, 3.05) is 6.54 Å². The summed E-state index contributed by atoms with van der Waals surface area (Å²) in [5.41, 5.74) is 2.10. The molecule has 0 radical (unpaired) electrons. The smallest absolute Gasteiger partial charge is 0.123 e. The first-order valence-electron chi connectivity index (χ1n) is 5.90. The second kappa shape index (κ2) is 4.37. The third-order valence-electron chi connectivity index (χ3n) is 3.29. The number of nitrogens with zero attached hydrogens (tertiary/aromatic N) is 2. The molecule has 0 aromatic heterocycles. The maximum absolute atomic E-state index is 13.1. The van der Waals surface area contributed by atoms with Gasteiger partial charge in [0.15, 0.2) is 0 Å². The molecule has 1 saturated heterocycles. The quantitative estimate of drug-likeness (QED) is 0.824. The molecule has 0 saturated carbocycles. The molecule has 2 atom stereocenters. The highest BCUT2D eigenvalue weighted by atomic mass is 19.1. The van der Waals surface area contributed by atoms with Crippen molar-refractivity contribution >= 4 is 12.1 Å². The Morgan fingerprint density at radius 3 is 3.24 bits per heavy atom. The number of piperidine rings is 1. The molecular weight excluding hydrogens is 217 g/mol. The second-order valence-corrected chi connectivity index (χ2v) is 4.46. The zero-order chi connectivity index (χ0) is 11.7. The molecule has 4 heteroatoms. The van der Waals surface area contributed by atoms with Gasteiger partial charge in [-0.05, 0) is 37.1 Å². The summed E-state index contributed by atoms with van der Waals surface area (Å²) in [6, 6.07) is 7.19. The summed E-state index contributed by atoms with van der Waals surface area (Å²) < 4.78 is 13.1. The van der Waals surface area contributed by atoms with Gasteiger partial charge in [-0.1, -0.05) is 12.1 Å². The van der Waals surface area contributed by atoms with Crippen LogP contribution >= 0.6 is 0 Å². The van der Waals surface area contributed by atoms with Crippen molar-refractivity contribution in [3.8, 4) is 0 Å². The van der Waals surface area contributed by atoms with E-state index in [1.165, 1.54) is 6.07 Å². The average Bonchev–Trinajstić information content (AvgIpc) is 2.78. The zero-order valence-corrected chi connectivity index (χ0v) is 9.44. The fourth-order valence-electron chi connectivity index (χ4n) is 2.46. The molecule has 2 unspecified atom stereocenters. The Labute approximate surface area is 99.5 Å². The molecule has 0 spiro atoms. The highest BCUT2D eigenvalue weighted by Crippen LogP contribution is 2.17. The van der Waals surface area contributed by atoms with E-state index >= 15 is 0 Å². The van der Waals surface area contributed by atoms with E-state index in [-0.39, 0.29) is 17.9 Å². The van der Waals surface area contributed by atoms with E-state index in [1.54, 1.807) is 18.5 Å². The van der Waals surface area contributed by atoms with Crippen molar-refractivity contribution < 1.29 is 4.39 Å². The third kappa shape index (κ3) is 2.13. The maximum atomic E-state index is 13.1. The van der Waals surface area contributed by atoms with Crippen molar-refractivity contribution in [1.29, 1.82) is 0 Å². The molecule has 1 aromatic rings. The number of benzene rings is 1. The number of aliphatic imine (C=N–C) groups is 2. The SMILES string of the molecule is Fc1cccc(CC2NCCC3N=CN=C32)c1. The van der Waals surface area contributed by atoms with Crippen LogP contribution in [0.3, 0.4) is 0 Å². The molecule has 0 amide bonds. The van der Waals surface area contributed by atoms with Gasteiger partial charge in [0.1, 0.15) is 12.2 Å². The summed E-state index contributed by atoms with van der Waals surface area (Å²) in [5.74, 6) is -0.181. The summed E-state index contributed by atoms with van der Waals surface area (Å²) in [7, 11) is 0. The van der Waals surface area contributed by atoms with Gasteiger partial charge < -0.3 is 5.32 Å². The fraction of sp³-hybridized carbons (Fsp3) is 0.385. The summed E-state index contributed by atoms with van der Waals surface area (Å²) in [6.45, 7) is 0.945. The first kappa shape index (κ1) is 10.6. The monoisotopic (exact) mass is 231 g/mol. The summed E-state index contributed by atoms with van der Waals surface area (Å²) >= 11 is 0. The molecule has 2 heterocycles. The lowest BCUT2D eigenvalue weighted by atomic mass is 9.92. The average molecular weight is 231 g/mol. The van der Waals surface area contributed by atoms with Gasteiger partial charge in [-0.2, -0.15) is 0 Å². The Bertz CT molecular complexity index is 481. The first-order valence-corrected chi connectivity index (χ1v) is 5.90. The number of fused-ring (bicyclic) bond motifs is 1. The predicted molar refractivity (Wildman–Crippen MR) is 66.2 cm³/mol. The number of halogens is 1. The van der Waals surface area contributed by atoms with Gasteiger partial charge in [-0.3, -0.25) is 4.99 Å². The molecule has 17 heavy (non-hydrogen) atoms. The van der Waals surface area contributed by atoms with Gasteiger partial charge in [-0.25, -0.2) is 9.38 Å². The van der Waals surface area contributed by atoms with E-state index < -0.39 is 0 Å². The first-order chi connectivity index (χ1) is 8.33. The van der Waals surface area contributed by atoms with Crippen molar-refractivity contribution in [3.05, 3.63) is 35.6 Å². The molecule has 3 rings (SSSR count). The van der Waals surface area contributed by atoms with Gasteiger partial charge in [0.25, 0.3) is 0 Å². The summed E-state index contributed by atoms with van der Waals surface area (Å²) in [6.07, 6.45) is 3.43. The lowest BCUT2D eigenvalue weighted by Gasteiger charge is -2.28. The maximum Gasteiger partial charge on any atom is 0.123 e. The van der Waals surface area contributed by atoms with Crippen LogP contribution in [0.4, 0.5) is 4.39 Å². The molecule has 88 valence electrons. The molecular formula is C13H14FN3. The number of nitrogens with one attached hydrogen (secondary N) is 1. The number of hydrogen-bond acceptors (Lipinski definition) is 3. The zero-order valence-electron chi connectivity index (χ0n) is 9.44. The van der Waals surface area contributed by atoms with Crippen molar-refractivity contribution in [2.45, 2.75) is 24.9 Å². The van der Waals surface area contributed by atoms with E-state index in [4.69, 9.17) is 0 Å². The van der Waals surface area contributed by atoms with Gasteiger partial charge in [-0.15, -0.1) is 0 Å². The van der Waals surface area contributed by atoms with E-state index in [0.717, 1.165) is 30.7 Å². The molecule has 3 nitrogen and oxygen atoms in total. The van der Waals surface area contributed by atoms with Crippen LogP contribution < -0.4 is 5.32 Å². The fourth-order valence-corrected chi connectivity index (χ4v) is 2.46. The molecule has 2 aliphatic rings. The van der Waals surface area contributed by atoms with E-state index in [1.807, 2.05) is 6.07 Å². The largest absolute Gasteiger partial charge is 0.308 e. The lowest BCUT2D eigenvalue weighted by molar-refractivity contribution is 0.528. The second-order valence-electron chi connectivity index (χ2n) is 4.46. The van der Waals surface area contributed by atoms with Crippen LogP contribution in [0, 0.1) is 5.82 Å². The van der Waals surface area contributed by atoms with Crippen LogP contribution in [-0.2, 0) is 6.42 Å². The number of hydrogen-bond donors (Lipinski definition) is 1. The Kier molecular flexibility index (Phi) is 2.73. The summed E-state index contributed by atoms with van der Waals surface area (Å²) in [5, 5.41) is 3.43. The lowest BCUT2D eigenvalue weighted by Crippen LogP contribution is -2.48. The standard InChI is InChI=1S/C13H14FN3/c14-10-3-1-2-9(6-10)7-12-13-11(4-5-15-12)16-8-17-13/h1-3,6,8,11-12,15H,4-5,7H2. The molecule has 2 aliphatic heterocycles. The van der Waals surface area contributed by atoms with Crippen LogP contribution in [0.25, 0.3) is 0 Å². The number of rotatable bonds is 2. The Morgan fingerprint density at radius 1 is 1.41 bits per heavy atom. The van der Waals surface area contributed by atoms with E-state index in [2.05, 4.69) is 15.3 Å². The van der Waals surface area contributed by atoms with Crippen molar-refractivity contribution in [3.63, 3.8) is 0 Å². The minimum absolute atomic E-state index is 0.181. The normalized spacial score (nSPS) is 26.8. The molecule has 1 N–H and O–H groups in total. The minimum Gasteiger partial charge on any atom is -0.308 e. The van der Waals surface area contributed by atoms with Crippen LogP contribution in [0.5, 0.6) is 0 Å². The minimum atomic E-state index is -0.181. The predicted octanol–water partition coefficient (Wildman–Crippen LogP) is 1.58. The highest BCUT2D eigenvalue weighted by Gasteiger charge is 2.30.